The van der Waals surface area contributed by atoms with E-state index in [9.17, 15) is 13.2 Å². The smallest absolute Gasteiger partial charge is 0.485 e. The van der Waals surface area contributed by atoms with E-state index < -0.39 is 15.6 Å². The second kappa shape index (κ2) is 9.72. The van der Waals surface area contributed by atoms with Crippen LogP contribution in [0.1, 0.15) is 58.8 Å². The maximum absolute atomic E-state index is 10.7. The normalized spacial score (nSPS) is 17.9. The maximum atomic E-state index is 10.7. The SMILES string of the molecule is CCCCCCC[N+]1(CC)CCCC1.O=S(=O)([O-])C(F)(F)F. The molecule has 8 heteroatoms. The number of hydrogen-bond acceptors (Lipinski definition) is 3. The van der Waals surface area contributed by atoms with Gasteiger partial charge < -0.3 is 9.04 Å². The lowest BCUT2D eigenvalue weighted by Gasteiger charge is -2.33. The number of hydrogen-bond donors (Lipinski definition) is 0. The number of halogens is 3. The molecule has 0 saturated carbocycles. The van der Waals surface area contributed by atoms with Crippen molar-refractivity contribution in [1.82, 2.24) is 0 Å². The first-order valence-corrected chi connectivity index (χ1v) is 9.36. The molecule has 134 valence electrons. The average Bonchev–Trinajstić information content (AvgIpc) is 2.86. The Morgan fingerprint density at radius 2 is 1.45 bits per heavy atom. The number of likely N-dealkylation sites (tertiary alicyclic amines) is 1. The van der Waals surface area contributed by atoms with Crippen LogP contribution in [0.2, 0.25) is 0 Å². The van der Waals surface area contributed by atoms with E-state index >= 15 is 0 Å². The van der Waals surface area contributed by atoms with Crippen molar-refractivity contribution in [3.8, 4) is 0 Å². The Labute approximate surface area is 132 Å². The summed E-state index contributed by atoms with van der Waals surface area (Å²) in [6, 6.07) is 0. The Hall–Kier alpha value is -0.340. The lowest BCUT2D eigenvalue weighted by Crippen LogP contribution is -2.45. The van der Waals surface area contributed by atoms with Gasteiger partial charge in [-0.15, -0.1) is 0 Å². The molecule has 0 aromatic rings. The standard InChI is InChI=1S/C13H28N.CHF3O3S/c1-3-5-6-7-8-11-14(4-2)12-9-10-13-14;2-1(3,4)8(5,6)7/h3-13H2,1-2H3;(H,5,6,7)/q+1;/p-1. The summed E-state index contributed by atoms with van der Waals surface area (Å²) in [6.07, 6.45) is 10.1. The van der Waals surface area contributed by atoms with Gasteiger partial charge in [-0.1, -0.05) is 26.2 Å². The second-order valence-electron chi connectivity index (χ2n) is 5.85. The average molecular weight is 347 g/mol. The monoisotopic (exact) mass is 347 g/mol. The van der Waals surface area contributed by atoms with Crippen LogP contribution in [0.5, 0.6) is 0 Å². The molecular formula is C14H28F3NO3S. The molecule has 0 radical (unpaired) electrons. The van der Waals surface area contributed by atoms with Gasteiger partial charge in [-0.05, 0) is 19.8 Å². The third-order valence-electron chi connectivity index (χ3n) is 4.21. The van der Waals surface area contributed by atoms with Crippen molar-refractivity contribution in [1.29, 1.82) is 0 Å². The number of alkyl halides is 3. The summed E-state index contributed by atoms with van der Waals surface area (Å²) in [6.45, 7) is 10.4. The Morgan fingerprint density at radius 3 is 1.82 bits per heavy atom. The molecule has 0 amide bonds. The second-order valence-corrected chi connectivity index (χ2v) is 7.22. The van der Waals surface area contributed by atoms with E-state index in [-0.39, 0.29) is 0 Å². The predicted octanol–water partition coefficient (Wildman–Crippen LogP) is 3.64. The molecule has 0 aromatic carbocycles. The van der Waals surface area contributed by atoms with Crippen LogP contribution in [0.15, 0.2) is 0 Å². The van der Waals surface area contributed by atoms with Gasteiger partial charge in [0.15, 0.2) is 10.1 Å². The fourth-order valence-corrected chi connectivity index (χ4v) is 2.75. The van der Waals surface area contributed by atoms with Gasteiger partial charge in [0.25, 0.3) is 0 Å². The zero-order valence-corrected chi connectivity index (χ0v) is 14.3. The summed E-state index contributed by atoms with van der Waals surface area (Å²) in [5.74, 6) is 0. The van der Waals surface area contributed by atoms with Crippen LogP contribution in [0.3, 0.4) is 0 Å². The number of quaternary nitrogens is 1. The van der Waals surface area contributed by atoms with Crippen LogP contribution in [0.25, 0.3) is 0 Å². The molecule has 0 aromatic heterocycles. The highest BCUT2D eigenvalue weighted by molar-refractivity contribution is 7.86. The summed E-state index contributed by atoms with van der Waals surface area (Å²) in [5.41, 5.74) is -5.65. The Balaban J connectivity index is 0.000000472. The van der Waals surface area contributed by atoms with Crippen molar-refractivity contribution >= 4 is 10.1 Å². The molecule has 1 rings (SSSR count). The Morgan fingerprint density at radius 1 is 1.00 bits per heavy atom. The molecule has 0 aliphatic carbocycles. The van der Waals surface area contributed by atoms with E-state index in [4.69, 9.17) is 13.0 Å². The molecule has 0 N–H and O–H groups in total. The third-order valence-corrected chi connectivity index (χ3v) is 4.77. The summed E-state index contributed by atoms with van der Waals surface area (Å²) in [5, 5.41) is 0. The summed E-state index contributed by atoms with van der Waals surface area (Å²) >= 11 is 0. The van der Waals surface area contributed by atoms with Gasteiger partial charge in [0.05, 0.1) is 26.2 Å². The molecule has 1 aliphatic rings. The van der Waals surface area contributed by atoms with Crippen molar-refractivity contribution in [2.45, 2.75) is 64.3 Å². The van der Waals surface area contributed by atoms with Crippen LogP contribution in [-0.4, -0.2) is 49.1 Å². The fraction of sp³-hybridized carbons (Fsp3) is 1.00. The molecule has 1 aliphatic heterocycles. The van der Waals surface area contributed by atoms with Crippen LogP contribution in [-0.2, 0) is 10.1 Å². The number of nitrogens with zero attached hydrogens (tertiary/aromatic N) is 1. The molecule has 4 nitrogen and oxygen atoms in total. The summed E-state index contributed by atoms with van der Waals surface area (Å²) < 4.78 is 60.3. The van der Waals surface area contributed by atoms with Gasteiger partial charge in [0.1, 0.15) is 0 Å². The summed E-state index contributed by atoms with van der Waals surface area (Å²) in [7, 11) is -6.09. The lowest BCUT2D eigenvalue weighted by molar-refractivity contribution is -0.915. The molecular weight excluding hydrogens is 319 g/mol. The highest BCUT2D eigenvalue weighted by Gasteiger charge is 2.36. The van der Waals surface area contributed by atoms with E-state index in [0.29, 0.717) is 0 Å². The lowest BCUT2D eigenvalue weighted by atomic mass is 10.1. The van der Waals surface area contributed by atoms with Crippen LogP contribution < -0.4 is 0 Å². The first-order valence-electron chi connectivity index (χ1n) is 7.95. The van der Waals surface area contributed by atoms with E-state index in [1.807, 2.05) is 0 Å². The zero-order chi connectivity index (χ0) is 17.3. The number of unbranched alkanes of at least 4 members (excludes halogenated alkanes) is 4. The molecule has 0 bridgehead atoms. The van der Waals surface area contributed by atoms with Crippen molar-refractivity contribution < 1.29 is 30.6 Å². The molecule has 1 fully saturated rings. The minimum atomic E-state index is -6.09. The van der Waals surface area contributed by atoms with Gasteiger partial charge >= 0.3 is 5.51 Å². The van der Waals surface area contributed by atoms with Gasteiger partial charge in [0, 0.05) is 12.8 Å². The maximum Gasteiger partial charge on any atom is 0.485 e. The highest BCUT2D eigenvalue weighted by Crippen LogP contribution is 2.21. The number of rotatable bonds is 7. The largest absolute Gasteiger partial charge is 0.741 e. The van der Waals surface area contributed by atoms with Crippen LogP contribution >= 0.6 is 0 Å². The molecule has 1 heterocycles. The van der Waals surface area contributed by atoms with E-state index in [1.165, 1.54) is 75.6 Å². The van der Waals surface area contributed by atoms with Crippen LogP contribution in [0, 0.1) is 0 Å². The minimum absolute atomic E-state index is 1.37. The van der Waals surface area contributed by atoms with Crippen molar-refractivity contribution in [2.24, 2.45) is 0 Å². The fourth-order valence-electron chi connectivity index (χ4n) is 2.75. The van der Waals surface area contributed by atoms with Crippen molar-refractivity contribution in [2.75, 3.05) is 26.2 Å². The topological polar surface area (TPSA) is 57.2 Å². The molecule has 0 spiro atoms. The highest BCUT2D eigenvalue weighted by atomic mass is 32.2. The molecule has 0 atom stereocenters. The molecule has 1 saturated heterocycles. The van der Waals surface area contributed by atoms with E-state index in [2.05, 4.69) is 13.8 Å². The van der Waals surface area contributed by atoms with E-state index in [1.54, 1.807) is 0 Å². The summed E-state index contributed by atoms with van der Waals surface area (Å²) in [4.78, 5) is 0. The van der Waals surface area contributed by atoms with Gasteiger partial charge in [0.2, 0.25) is 0 Å². The first-order chi connectivity index (χ1) is 10.1. The van der Waals surface area contributed by atoms with E-state index in [0.717, 1.165) is 0 Å². The zero-order valence-electron chi connectivity index (χ0n) is 13.5. The Kier molecular flexibility index (Phi) is 9.57. The quantitative estimate of drug-likeness (QED) is 0.306. The molecule has 0 unspecified atom stereocenters. The predicted molar refractivity (Wildman–Crippen MR) is 79.1 cm³/mol. The Bertz CT molecular complexity index is 391. The van der Waals surface area contributed by atoms with Gasteiger partial charge in [-0.3, -0.25) is 0 Å². The van der Waals surface area contributed by atoms with Crippen molar-refractivity contribution in [3.05, 3.63) is 0 Å². The van der Waals surface area contributed by atoms with Crippen molar-refractivity contribution in [3.63, 3.8) is 0 Å². The molecule has 22 heavy (non-hydrogen) atoms. The van der Waals surface area contributed by atoms with Crippen LogP contribution in [0.4, 0.5) is 13.2 Å². The minimum Gasteiger partial charge on any atom is -0.741 e. The third kappa shape index (κ3) is 8.33. The first kappa shape index (κ1) is 21.7. The van der Waals surface area contributed by atoms with Gasteiger partial charge in [-0.25, -0.2) is 8.42 Å². The van der Waals surface area contributed by atoms with Gasteiger partial charge in [-0.2, -0.15) is 13.2 Å².